The third-order valence-electron chi connectivity index (χ3n) is 5.47. The molecule has 3 nitrogen and oxygen atoms in total. The molecule has 2 atom stereocenters. The highest BCUT2D eigenvalue weighted by molar-refractivity contribution is 7.09. The summed E-state index contributed by atoms with van der Waals surface area (Å²) in [5.41, 5.74) is 0.652. The number of carbonyl (C=O) groups is 1. The third kappa shape index (κ3) is 3.91. The maximum Gasteiger partial charge on any atom is 0.251 e. The first kappa shape index (κ1) is 17.1. The molecule has 2 unspecified atom stereocenters. The van der Waals surface area contributed by atoms with Gasteiger partial charge in [-0.2, -0.15) is 0 Å². The topological polar surface area (TPSA) is 32.3 Å². The number of halogens is 1. The predicted octanol–water partition coefficient (Wildman–Crippen LogP) is 4.72. The number of nitrogens with zero attached hydrogens (tertiary/aromatic N) is 1. The van der Waals surface area contributed by atoms with Crippen LogP contribution in [0.2, 0.25) is 5.02 Å². The van der Waals surface area contributed by atoms with E-state index in [1.807, 2.05) is 23.5 Å². The minimum Gasteiger partial charge on any atom is -0.349 e. The van der Waals surface area contributed by atoms with Gasteiger partial charge in [0, 0.05) is 40.1 Å². The smallest absolute Gasteiger partial charge is 0.251 e. The maximum atomic E-state index is 12.5. The van der Waals surface area contributed by atoms with Gasteiger partial charge in [-0.3, -0.25) is 9.69 Å². The zero-order valence-electron chi connectivity index (χ0n) is 14.2. The fourth-order valence-electron chi connectivity index (χ4n) is 4.34. The monoisotopic (exact) mass is 374 g/mol. The molecule has 1 aromatic heterocycles. The number of carbonyl (C=O) groups excluding carboxylic acids is 1. The quantitative estimate of drug-likeness (QED) is 0.839. The first-order valence-electron chi connectivity index (χ1n) is 9.03. The van der Waals surface area contributed by atoms with Gasteiger partial charge in [0.25, 0.3) is 5.91 Å². The lowest BCUT2D eigenvalue weighted by atomic mass is 9.81. The van der Waals surface area contributed by atoms with E-state index in [9.17, 15) is 4.79 Å². The van der Waals surface area contributed by atoms with Crippen LogP contribution in [0.25, 0.3) is 0 Å². The van der Waals surface area contributed by atoms with Crippen LogP contribution in [-0.4, -0.2) is 28.9 Å². The molecule has 2 saturated heterocycles. The van der Waals surface area contributed by atoms with E-state index < -0.39 is 0 Å². The molecular formula is C20H23ClN2OS. The van der Waals surface area contributed by atoms with Crippen LogP contribution in [0.1, 0.15) is 47.3 Å². The Labute approximate surface area is 158 Å². The Morgan fingerprint density at radius 3 is 2.68 bits per heavy atom. The van der Waals surface area contributed by atoms with Crippen LogP contribution in [0.4, 0.5) is 0 Å². The van der Waals surface area contributed by atoms with E-state index in [4.69, 9.17) is 11.6 Å². The highest BCUT2D eigenvalue weighted by atomic mass is 35.5. The van der Waals surface area contributed by atoms with E-state index >= 15 is 0 Å². The van der Waals surface area contributed by atoms with Crippen molar-refractivity contribution in [2.45, 2.75) is 56.8 Å². The molecule has 0 aliphatic carbocycles. The second kappa shape index (κ2) is 7.48. The highest BCUT2D eigenvalue weighted by Crippen LogP contribution is 2.35. The van der Waals surface area contributed by atoms with Crippen LogP contribution in [0.5, 0.6) is 0 Å². The molecule has 1 aromatic carbocycles. The van der Waals surface area contributed by atoms with Crippen LogP contribution >= 0.6 is 22.9 Å². The molecule has 1 N–H and O–H groups in total. The minimum absolute atomic E-state index is 0.00252. The Balaban J connectivity index is 1.42. The van der Waals surface area contributed by atoms with Crippen molar-refractivity contribution in [2.75, 3.05) is 0 Å². The number of piperidine rings is 2. The average Bonchev–Trinajstić information content (AvgIpc) is 3.08. The summed E-state index contributed by atoms with van der Waals surface area (Å²) in [7, 11) is 0. The summed E-state index contributed by atoms with van der Waals surface area (Å²) in [6.07, 6.45) is 5.89. The van der Waals surface area contributed by atoms with Gasteiger partial charge in [0.1, 0.15) is 0 Å². The van der Waals surface area contributed by atoms with Crippen LogP contribution in [0.15, 0.2) is 41.8 Å². The Kier molecular flexibility index (Phi) is 5.11. The van der Waals surface area contributed by atoms with Crippen molar-refractivity contribution in [3.05, 3.63) is 57.2 Å². The average molecular weight is 375 g/mol. The molecule has 25 heavy (non-hydrogen) atoms. The van der Waals surface area contributed by atoms with Crippen molar-refractivity contribution in [1.82, 2.24) is 10.2 Å². The summed E-state index contributed by atoms with van der Waals surface area (Å²) in [6.45, 7) is 1.06. The number of benzene rings is 1. The maximum absolute atomic E-state index is 12.5. The number of hydrogen-bond acceptors (Lipinski definition) is 3. The van der Waals surface area contributed by atoms with E-state index in [-0.39, 0.29) is 11.9 Å². The molecular weight excluding hydrogens is 352 g/mol. The predicted molar refractivity (Wildman–Crippen MR) is 103 cm³/mol. The van der Waals surface area contributed by atoms with Gasteiger partial charge in [-0.25, -0.2) is 0 Å². The molecule has 0 radical (unpaired) electrons. The summed E-state index contributed by atoms with van der Waals surface area (Å²) >= 11 is 7.85. The van der Waals surface area contributed by atoms with E-state index in [1.165, 1.54) is 24.1 Å². The molecule has 5 heteroatoms. The van der Waals surface area contributed by atoms with Gasteiger partial charge in [0.15, 0.2) is 0 Å². The second-order valence-electron chi connectivity index (χ2n) is 7.14. The fraction of sp³-hybridized carbons (Fsp3) is 0.450. The highest BCUT2D eigenvalue weighted by Gasteiger charge is 2.38. The number of rotatable bonds is 4. The zero-order valence-corrected chi connectivity index (χ0v) is 15.7. The molecule has 132 valence electrons. The van der Waals surface area contributed by atoms with E-state index in [0.717, 1.165) is 19.4 Å². The number of nitrogens with one attached hydrogen (secondary N) is 1. The van der Waals surface area contributed by atoms with Crippen LogP contribution in [0, 0.1) is 0 Å². The van der Waals surface area contributed by atoms with Gasteiger partial charge in [-0.05, 0) is 55.3 Å². The summed E-state index contributed by atoms with van der Waals surface area (Å²) in [6, 6.07) is 13.0. The lowest BCUT2D eigenvalue weighted by Crippen LogP contribution is -2.56. The van der Waals surface area contributed by atoms with Crippen LogP contribution in [0.3, 0.4) is 0 Å². The first-order chi connectivity index (χ1) is 12.2. The third-order valence-corrected chi connectivity index (χ3v) is 6.56. The lowest BCUT2D eigenvalue weighted by Gasteiger charge is -2.49. The lowest BCUT2D eigenvalue weighted by molar-refractivity contribution is 0.0184. The van der Waals surface area contributed by atoms with E-state index in [0.29, 0.717) is 22.7 Å². The van der Waals surface area contributed by atoms with Gasteiger partial charge in [0.05, 0.1) is 0 Å². The number of amides is 1. The zero-order chi connectivity index (χ0) is 17.2. The standard InChI is InChI=1S/C20H23ClN2OS/c21-15-5-1-4-14(10-15)20(24)22-16-11-17-6-2-7-18(12-16)23(17)13-19-8-3-9-25-19/h1,3-5,8-10,16-18H,2,6-7,11-13H2,(H,22,24). The number of fused-ring (bicyclic) bond motifs is 2. The van der Waals surface area contributed by atoms with Crippen molar-refractivity contribution in [3.8, 4) is 0 Å². The normalized spacial score (nSPS) is 26.4. The van der Waals surface area contributed by atoms with E-state index in [1.54, 1.807) is 12.1 Å². The summed E-state index contributed by atoms with van der Waals surface area (Å²) < 4.78 is 0. The Hall–Kier alpha value is -1.36. The molecule has 3 heterocycles. The molecule has 2 bridgehead atoms. The Bertz CT molecular complexity index is 719. The summed E-state index contributed by atoms with van der Waals surface area (Å²) in [5.74, 6) is -0.00252. The van der Waals surface area contributed by atoms with Gasteiger partial charge >= 0.3 is 0 Å². The van der Waals surface area contributed by atoms with Gasteiger partial charge in [-0.15, -0.1) is 11.3 Å². The second-order valence-corrected chi connectivity index (χ2v) is 8.61. The molecule has 2 aliphatic heterocycles. The Morgan fingerprint density at radius 2 is 2.00 bits per heavy atom. The van der Waals surface area contributed by atoms with Crippen molar-refractivity contribution >= 4 is 28.8 Å². The minimum atomic E-state index is -0.00252. The Morgan fingerprint density at radius 1 is 1.20 bits per heavy atom. The van der Waals surface area contributed by atoms with Crippen molar-refractivity contribution in [3.63, 3.8) is 0 Å². The molecule has 2 fully saturated rings. The number of hydrogen-bond donors (Lipinski definition) is 1. The molecule has 2 aliphatic rings. The molecule has 1 amide bonds. The largest absolute Gasteiger partial charge is 0.349 e. The molecule has 0 saturated carbocycles. The van der Waals surface area contributed by atoms with Gasteiger partial charge in [0.2, 0.25) is 0 Å². The SMILES string of the molecule is O=C(NC1CC2CCCC(C1)N2Cc1cccs1)c1cccc(Cl)c1. The van der Waals surface area contributed by atoms with Crippen LogP contribution < -0.4 is 5.32 Å². The van der Waals surface area contributed by atoms with Crippen molar-refractivity contribution in [1.29, 1.82) is 0 Å². The molecule has 4 rings (SSSR count). The van der Waals surface area contributed by atoms with Crippen LogP contribution in [-0.2, 0) is 6.54 Å². The fourth-order valence-corrected chi connectivity index (χ4v) is 5.24. The van der Waals surface area contributed by atoms with E-state index in [2.05, 4.69) is 27.7 Å². The van der Waals surface area contributed by atoms with Crippen molar-refractivity contribution < 1.29 is 4.79 Å². The molecule has 0 spiro atoms. The number of thiophene rings is 1. The first-order valence-corrected chi connectivity index (χ1v) is 10.3. The summed E-state index contributed by atoms with van der Waals surface area (Å²) in [5, 5.41) is 6.01. The summed E-state index contributed by atoms with van der Waals surface area (Å²) in [4.78, 5) is 16.7. The van der Waals surface area contributed by atoms with Crippen molar-refractivity contribution in [2.24, 2.45) is 0 Å². The van der Waals surface area contributed by atoms with Gasteiger partial charge in [-0.1, -0.05) is 30.2 Å². The van der Waals surface area contributed by atoms with Gasteiger partial charge < -0.3 is 5.32 Å². The molecule has 2 aromatic rings.